The van der Waals surface area contributed by atoms with Crippen molar-refractivity contribution in [1.82, 2.24) is 5.32 Å². The largest absolute Gasteiger partial charge is 0.493 e. The van der Waals surface area contributed by atoms with Crippen LogP contribution in [0.5, 0.6) is 11.5 Å². The Balaban J connectivity index is 0.00000288. The van der Waals surface area contributed by atoms with Gasteiger partial charge in [0.2, 0.25) is 0 Å². The lowest BCUT2D eigenvalue weighted by atomic mass is 10.2. The molecule has 0 saturated carbocycles. The van der Waals surface area contributed by atoms with E-state index in [4.69, 9.17) is 9.47 Å². The number of halogens is 2. The highest BCUT2D eigenvalue weighted by Gasteiger charge is 2.08. The van der Waals surface area contributed by atoms with Gasteiger partial charge in [-0.25, -0.2) is 4.39 Å². The van der Waals surface area contributed by atoms with Crippen LogP contribution in [-0.4, -0.2) is 13.7 Å². The van der Waals surface area contributed by atoms with Crippen molar-refractivity contribution in [2.75, 3.05) is 13.7 Å². The fourth-order valence-electron chi connectivity index (χ4n) is 2.25. The van der Waals surface area contributed by atoms with Crippen molar-refractivity contribution in [3.8, 4) is 11.5 Å². The van der Waals surface area contributed by atoms with E-state index in [1.54, 1.807) is 25.3 Å². The first-order chi connectivity index (χ1) is 11.2. The van der Waals surface area contributed by atoms with Crippen molar-refractivity contribution < 1.29 is 13.9 Å². The molecule has 2 aromatic carbocycles. The second-order valence-corrected chi connectivity index (χ2v) is 5.40. The van der Waals surface area contributed by atoms with Crippen LogP contribution in [0, 0.1) is 5.82 Å². The van der Waals surface area contributed by atoms with E-state index < -0.39 is 0 Å². The molecule has 5 heteroatoms. The smallest absolute Gasteiger partial charge is 0.161 e. The molecule has 2 rings (SSSR count). The summed E-state index contributed by atoms with van der Waals surface area (Å²) in [4.78, 5) is 0. The number of nitrogens with one attached hydrogen (secondary N) is 1. The van der Waals surface area contributed by atoms with Gasteiger partial charge in [-0.2, -0.15) is 0 Å². The van der Waals surface area contributed by atoms with Crippen molar-refractivity contribution in [3.05, 3.63) is 59.4 Å². The summed E-state index contributed by atoms with van der Waals surface area (Å²) in [7, 11) is 1.61. The van der Waals surface area contributed by atoms with Crippen LogP contribution >= 0.6 is 12.4 Å². The molecule has 0 bridgehead atoms. The quantitative estimate of drug-likeness (QED) is 0.661. The summed E-state index contributed by atoms with van der Waals surface area (Å²) >= 11 is 0. The van der Waals surface area contributed by atoms with Crippen molar-refractivity contribution in [3.63, 3.8) is 0 Å². The number of methoxy groups -OCH3 is 1. The van der Waals surface area contributed by atoms with E-state index in [9.17, 15) is 4.39 Å². The molecular weight excluding hydrogens is 329 g/mol. The number of rotatable bonds is 9. The van der Waals surface area contributed by atoms with Crippen LogP contribution in [0.1, 0.15) is 30.9 Å². The van der Waals surface area contributed by atoms with Crippen LogP contribution in [0.2, 0.25) is 0 Å². The molecule has 0 aliphatic carbocycles. The SMILES string of the molecule is CCCCNCc1ccc(OCc2ccccc2F)c(OC)c1.Cl. The summed E-state index contributed by atoms with van der Waals surface area (Å²) in [5, 5.41) is 3.39. The van der Waals surface area contributed by atoms with Crippen LogP contribution in [0.15, 0.2) is 42.5 Å². The number of ether oxygens (including phenoxy) is 2. The Hall–Kier alpha value is -1.78. The summed E-state index contributed by atoms with van der Waals surface area (Å²) in [5.41, 5.74) is 1.66. The van der Waals surface area contributed by atoms with Gasteiger partial charge < -0.3 is 14.8 Å². The third-order valence-corrected chi connectivity index (χ3v) is 3.61. The van der Waals surface area contributed by atoms with E-state index in [2.05, 4.69) is 12.2 Å². The topological polar surface area (TPSA) is 30.5 Å². The Morgan fingerprint density at radius 2 is 1.88 bits per heavy atom. The monoisotopic (exact) mass is 353 g/mol. The summed E-state index contributed by atoms with van der Waals surface area (Å²) in [6.07, 6.45) is 2.35. The average molecular weight is 354 g/mol. The van der Waals surface area contributed by atoms with Gasteiger partial charge in [0.25, 0.3) is 0 Å². The molecule has 0 aromatic heterocycles. The number of hydrogen-bond donors (Lipinski definition) is 1. The summed E-state index contributed by atoms with van der Waals surface area (Å²) in [6.45, 7) is 4.15. The van der Waals surface area contributed by atoms with E-state index in [-0.39, 0.29) is 24.8 Å². The Kier molecular flexibility index (Phi) is 9.20. The zero-order chi connectivity index (χ0) is 16.5. The Morgan fingerprint density at radius 1 is 1.08 bits per heavy atom. The second kappa shape index (κ2) is 10.9. The fourth-order valence-corrected chi connectivity index (χ4v) is 2.25. The van der Waals surface area contributed by atoms with Gasteiger partial charge in [0.1, 0.15) is 12.4 Å². The van der Waals surface area contributed by atoms with Gasteiger partial charge in [-0.1, -0.05) is 37.6 Å². The molecule has 0 radical (unpaired) electrons. The predicted molar refractivity (Wildman–Crippen MR) is 97.6 cm³/mol. The normalized spacial score (nSPS) is 10.1. The molecule has 0 amide bonds. The van der Waals surface area contributed by atoms with Crippen LogP contribution in [0.3, 0.4) is 0 Å². The lowest BCUT2D eigenvalue weighted by molar-refractivity contribution is 0.279. The van der Waals surface area contributed by atoms with E-state index in [0.29, 0.717) is 17.1 Å². The maximum Gasteiger partial charge on any atom is 0.161 e. The first-order valence-electron chi connectivity index (χ1n) is 7.98. The zero-order valence-corrected chi connectivity index (χ0v) is 15.0. The lowest BCUT2D eigenvalue weighted by Gasteiger charge is -2.13. The maximum atomic E-state index is 13.6. The highest BCUT2D eigenvalue weighted by Crippen LogP contribution is 2.29. The summed E-state index contributed by atoms with van der Waals surface area (Å²) in [5.74, 6) is 1.02. The van der Waals surface area contributed by atoms with Gasteiger partial charge in [0.15, 0.2) is 11.5 Å². The molecular formula is C19H25ClFNO2. The van der Waals surface area contributed by atoms with E-state index in [0.717, 1.165) is 18.7 Å². The molecule has 0 fully saturated rings. The zero-order valence-electron chi connectivity index (χ0n) is 14.2. The second-order valence-electron chi connectivity index (χ2n) is 5.40. The third-order valence-electron chi connectivity index (χ3n) is 3.61. The standard InChI is InChI=1S/C19H24FNO2.ClH/c1-3-4-11-21-13-15-9-10-18(19(12-15)22-2)23-14-16-7-5-6-8-17(16)20;/h5-10,12,21H,3-4,11,13-14H2,1-2H3;1H. The van der Waals surface area contributed by atoms with Gasteiger partial charge in [-0.05, 0) is 36.7 Å². The first kappa shape index (κ1) is 20.3. The minimum absolute atomic E-state index is 0. The molecule has 0 aliphatic heterocycles. The molecule has 0 unspecified atom stereocenters. The molecule has 0 heterocycles. The van der Waals surface area contributed by atoms with Crippen LogP contribution in [-0.2, 0) is 13.2 Å². The van der Waals surface area contributed by atoms with Crippen LogP contribution < -0.4 is 14.8 Å². The number of hydrogen-bond acceptors (Lipinski definition) is 3. The van der Waals surface area contributed by atoms with E-state index >= 15 is 0 Å². The van der Waals surface area contributed by atoms with Gasteiger partial charge in [0, 0.05) is 12.1 Å². The first-order valence-corrected chi connectivity index (χ1v) is 7.98. The number of unbranched alkanes of at least 4 members (excludes halogenated alkanes) is 1. The molecule has 0 saturated heterocycles. The van der Waals surface area contributed by atoms with Crippen LogP contribution in [0.4, 0.5) is 4.39 Å². The average Bonchev–Trinajstić information content (AvgIpc) is 2.58. The van der Waals surface area contributed by atoms with E-state index in [1.807, 2.05) is 18.2 Å². The molecule has 0 atom stereocenters. The number of benzene rings is 2. The molecule has 2 aromatic rings. The van der Waals surface area contributed by atoms with Crippen molar-refractivity contribution in [2.45, 2.75) is 32.9 Å². The lowest BCUT2D eigenvalue weighted by Crippen LogP contribution is -2.14. The van der Waals surface area contributed by atoms with Crippen molar-refractivity contribution in [2.24, 2.45) is 0 Å². The molecule has 0 spiro atoms. The molecule has 3 nitrogen and oxygen atoms in total. The van der Waals surface area contributed by atoms with Gasteiger partial charge in [-0.15, -0.1) is 12.4 Å². The molecule has 0 aliphatic rings. The molecule has 24 heavy (non-hydrogen) atoms. The van der Waals surface area contributed by atoms with Gasteiger partial charge in [-0.3, -0.25) is 0 Å². The third kappa shape index (κ3) is 6.02. The minimum Gasteiger partial charge on any atom is -0.493 e. The highest BCUT2D eigenvalue weighted by molar-refractivity contribution is 5.85. The minimum atomic E-state index is -0.261. The maximum absolute atomic E-state index is 13.6. The van der Waals surface area contributed by atoms with Gasteiger partial charge in [0.05, 0.1) is 7.11 Å². The summed E-state index contributed by atoms with van der Waals surface area (Å²) < 4.78 is 24.7. The van der Waals surface area contributed by atoms with Gasteiger partial charge >= 0.3 is 0 Å². The summed E-state index contributed by atoms with van der Waals surface area (Å²) in [6, 6.07) is 12.4. The fraction of sp³-hybridized carbons (Fsp3) is 0.368. The molecule has 1 N–H and O–H groups in total. The highest BCUT2D eigenvalue weighted by atomic mass is 35.5. The van der Waals surface area contributed by atoms with E-state index in [1.165, 1.54) is 18.9 Å². The van der Waals surface area contributed by atoms with Crippen molar-refractivity contribution in [1.29, 1.82) is 0 Å². The Morgan fingerprint density at radius 3 is 2.58 bits per heavy atom. The van der Waals surface area contributed by atoms with Crippen molar-refractivity contribution >= 4 is 12.4 Å². The Labute approximate surface area is 149 Å². The molecule has 132 valence electrons. The predicted octanol–water partition coefficient (Wildman–Crippen LogP) is 4.72. The van der Waals surface area contributed by atoms with Crippen LogP contribution in [0.25, 0.3) is 0 Å². The Bertz CT molecular complexity index is 622.